The van der Waals surface area contributed by atoms with Gasteiger partial charge in [-0.2, -0.15) is 0 Å². The first-order chi connectivity index (χ1) is 3.67. The van der Waals surface area contributed by atoms with Crippen LogP contribution in [0.5, 0.6) is 0 Å². The minimum atomic E-state index is -0.477. The van der Waals surface area contributed by atoms with Crippen LogP contribution in [-0.2, 0) is 0 Å². The molecule has 0 amide bonds. The molecule has 3 heteroatoms. The maximum absolute atomic E-state index is 5.66. The van der Waals surface area contributed by atoms with Gasteiger partial charge in [-0.25, -0.2) is 0 Å². The highest BCUT2D eigenvalue weighted by atomic mass is 35.5. The SMILES string of the molecule is ClC[CH]C1CC1(Cl)Cl. The zero-order valence-electron chi connectivity index (χ0n) is 4.20. The molecule has 0 N–H and O–H groups in total. The first-order valence-corrected chi connectivity index (χ1v) is 3.73. The van der Waals surface area contributed by atoms with Gasteiger partial charge in [0.2, 0.25) is 0 Å². The summed E-state index contributed by atoms with van der Waals surface area (Å²) in [4.78, 5) is 0. The van der Waals surface area contributed by atoms with Gasteiger partial charge in [0.15, 0.2) is 0 Å². The maximum Gasteiger partial charge on any atom is 0.121 e. The lowest BCUT2D eigenvalue weighted by molar-refractivity contribution is 0.985. The standard InChI is InChI=1S/C5H6Cl3/c6-2-1-4-3-5(4,7)8/h1,4H,2-3H2. The minimum absolute atomic E-state index is 0.336. The topological polar surface area (TPSA) is 0 Å². The van der Waals surface area contributed by atoms with Gasteiger partial charge >= 0.3 is 0 Å². The molecule has 1 saturated carbocycles. The fourth-order valence-electron chi connectivity index (χ4n) is 0.598. The minimum Gasteiger partial charge on any atom is -0.126 e. The third-order valence-electron chi connectivity index (χ3n) is 1.25. The monoisotopic (exact) mass is 171 g/mol. The highest BCUT2D eigenvalue weighted by molar-refractivity contribution is 6.51. The fourth-order valence-corrected chi connectivity index (χ4v) is 1.32. The van der Waals surface area contributed by atoms with Crippen LogP contribution < -0.4 is 0 Å². The summed E-state index contributed by atoms with van der Waals surface area (Å²) < 4.78 is -0.477. The quantitative estimate of drug-likeness (QED) is 0.562. The van der Waals surface area contributed by atoms with Crippen LogP contribution >= 0.6 is 34.8 Å². The van der Waals surface area contributed by atoms with Crippen molar-refractivity contribution in [1.82, 2.24) is 0 Å². The van der Waals surface area contributed by atoms with Gasteiger partial charge in [0, 0.05) is 5.88 Å². The fraction of sp³-hybridized carbons (Fsp3) is 0.800. The van der Waals surface area contributed by atoms with Crippen LogP contribution in [0.2, 0.25) is 0 Å². The van der Waals surface area contributed by atoms with Crippen LogP contribution in [0.3, 0.4) is 0 Å². The largest absolute Gasteiger partial charge is 0.126 e. The Morgan fingerprint density at radius 2 is 2.12 bits per heavy atom. The first kappa shape index (κ1) is 6.98. The Balaban J connectivity index is 2.17. The molecule has 0 aromatic rings. The van der Waals surface area contributed by atoms with E-state index < -0.39 is 4.33 Å². The zero-order chi connectivity index (χ0) is 6.20. The lowest BCUT2D eigenvalue weighted by Crippen LogP contribution is -1.90. The smallest absolute Gasteiger partial charge is 0.121 e. The molecule has 0 saturated heterocycles. The molecule has 0 bridgehead atoms. The van der Waals surface area contributed by atoms with Crippen LogP contribution in [-0.4, -0.2) is 10.2 Å². The van der Waals surface area contributed by atoms with Gasteiger partial charge in [0.25, 0.3) is 0 Å². The van der Waals surface area contributed by atoms with Crippen LogP contribution in [0, 0.1) is 12.3 Å². The molecule has 0 aromatic carbocycles. The molecule has 0 spiro atoms. The maximum atomic E-state index is 5.66. The summed E-state index contributed by atoms with van der Waals surface area (Å²) >= 11 is 16.7. The second-order valence-electron chi connectivity index (χ2n) is 1.96. The van der Waals surface area contributed by atoms with Gasteiger partial charge < -0.3 is 0 Å². The normalized spacial score (nSPS) is 32.6. The molecule has 0 aliphatic heterocycles. The summed E-state index contributed by atoms with van der Waals surface area (Å²) in [6.45, 7) is 0. The highest BCUT2D eigenvalue weighted by Gasteiger charge is 2.50. The van der Waals surface area contributed by atoms with E-state index in [0.29, 0.717) is 11.8 Å². The lowest BCUT2D eigenvalue weighted by atomic mass is 10.3. The Kier molecular flexibility index (Phi) is 1.96. The van der Waals surface area contributed by atoms with Crippen molar-refractivity contribution >= 4 is 34.8 Å². The molecule has 8 heavy (non-hydrogen) atoms. The van der Waals surface area contributed by atoms with Crippen LogP contribution in [0.1, 0.15) is 6.42 Å². The molecule has 1 atom stereocenters. The van der Waals surface area contributed by atoms with Crippen LogP contribution in [0.15, 0.2) is 0 Å². The molecule has 1 radical (unpaired) electrons. The summed E-state index contributed by atoms with van der Waals surface area (Å²) in [5, 5.41) is 0. The summed E-state index contributed by atoms with van der Waals surface area (Å²) in [6, 6.07) is 0. The average molecular weight is 172 g/mol. The number of rotatable bonds is 2. The molecule has 0 aromatic heterocycles. The molecular weight excluding hydrogens is 166 g/mol. The van der Waals surface area contributed by atoms with E-state index in [1.165, 1.54) is 0 Å². The second-order valence-corrected chi connectivity index (χ2v) is 3.81. The van der Waals surface area contributed by atoms with E-state index in [4.69, 9.17) is 34.8 Å². The Hall–Kier alpha value is 0.870. The molecule has 0 heterocycles. The van der Waals surface area contributed by atoms with E-state index in [1.807, 2.05) is 6.42 Å². The summed E-state index contributed by atoms with van der Waals surface area (Å²) in [5.41, 5.74) is 0. The molecule has 1 fully saturated rings. The zero-order valence-corrected chi connectivity index (χ0v) is 6.47. The van der Waals surface area contributed by atoms with E-state index in [1.54, 1.807) is 0 Å². The highest BCUT2D eigenvalue weighted by Crippen LogP contribution is 2.54. The van der Waals surface area contributed by atoms with Crippen molar-refractivity contribution < 1.29 is 0 Å². The first-order valence-electron chi connectivity index (χ1n) is 2.44. The Labute approximate surface area is 64.1 Å². The molecule has 0 nitrogen and oxygen atoms in total. The average Bonchev–Trinajstić information content (AvgIpc) is 2.15. The Morgan fingerprint density at radius 3 is 2.25 bits per heavy atom. The van der Waals surface area contributed by atoms with Crippen LogP contribution in [0.25, 0.3) is 0 Å². The van der Waals surface area contributed by atoms with E-state index in [9.17, 15) is 0 Å². The number of hydrogen-bond acceptors (Lipinski definition) is 0. The summed E-state index contributed by atoms with van der Waals surface area (Å²) in [6.07, 6.45) is 2.80. The molecule has 1 aliphatic rings. The molecule has 1 aliphatic carbocycles. The van der Waals surface area contributed by atoms with Crippen molar-refractivity contribution in [3.05, 3.63) is 6.42 Å². The summed E-state index contributed by atoms with van der Waals surface area (Å²) in [5.74, 6) is 0.884. The van der Waals surface area contributed by atoms with Gasteiger partial charge in [-0.05, 0) is 18.8 Å². The van der Waals surface area contributed by atoms with Gasteiger partial charge in [-0.1, -0.05) is 0 Å². The van der Waals surface area contributed by atoms with Crippen LogP contribution in [0.4, 0.5) is 0 Å². The predicted octanol–water partition coefficient (Wildman–Crippen LogP) is 2.62. The van der Waals surface area contributed by atoms with Crippen molar-refractivity contribution in [2.24, 2.45) is 5.92 Å². The van der Waals surface area contributed by atoms with Gasteiger partial charge in [-0.15, -0.1) is 34.8 Å². The molecule has 47 valence electrons. The second kappa shape index (κ2) is 2.24. The van der Waals surface area contributed by atoms with Crippen molar-refractivity contribution in [2.45, 2.75) is 10.8 Å². The molecular formula is C5H6Cl3. The van der Waals surface area contributed by atoms with Gasteiger partial charge in [-0.3, -0.25) is 0 Å². The number of hydrogen-bond donors (Lipinski definition) is 0. The van der Waals surface area contributed by atoms with E-state index >= 15 is 0 Å². The van der Waals surface area contributed by atoms with E-state index in [2.05, 4.69) is 0 Å². The lowest BCUT2D eigenvalue weighted by Gasteiger charge is -1.92. The predicted molar refractivity (Wildman–Crippen MR) is 37.6 cm³/mol. The van der Waals surface area contributed by atoms with Crippen molar-refractivity contribution in [3.8, 4) is 0 Å². The van der Waals surface area contributed by atoms with Crippen molar-refractivity contribution in [3.63, 3.8) is 0 Å². The van der Waals surface area contributed by atoms with Crippen molar-refractivity contribution in [2.75, 3.05) is 5.88 Å². The summed E-state index contributed by atoms with van der Waals surface area (Å²) in [7, 11) is 0. The van der Waals surface area contributed by atoms with Gasteiger partial charge in [0.05, 0.1) is 0 Å². The number of alkyl halides is 3. The van der Waals surface area contributed by atoms with E-state index in [0.717, 1.165) is 6.42 Å². The third kappa shape index (κ3) is 1.43. The molecule has 1 rings (SSSR count). The van der Waals surface area contributed by atoms with E-state index in [-0.39, 0.29) is 0 Å². The third-order valence-corrected chi connectivity index (χ3v) is 2.30. The van der Waals surface area contributed by atoms with Gasteiger partial charge in [0.1, 0.15) is 4.33 Å². The Morgan fingerprint density at radius 1 is 1.62 bits per heavy atom. The Bertz CT molecular complexity index is 89.7. The van der Waals surface area contributed by atoms with Crippen molar-refractivity contribution in [1.29, 1.82) is 0 Å². The number of halogens is 3. The molecule has 1 unspecified atom stereocenters.